The maximum absolute atomic E-state index is 10.8. The number of nitrogens with zero attached hydrogens (tertiary/aromatic N) is 1. The summed E-state index contributed by atoms with van der Waals surface area (Å²) in [6.07, 6.45) is 0. The van der Waals surface area contributed by atoms with E-state index in [1.165, 1.54) is 18.4 Å². The zero-order chi connectivity index (χ0) is 8.31. The Bertz CT molecular complexity index is 142. The highest BCUT2D eigenvalue weighted by atomic mass is 28.3. The van der Waals surface area contributed by atoms with E-state index in [0.717, 1.165) is 0 Å². The molecule has 0 spiro atoms. The van der Waals surface area contributed by atoms with Crippen LogP contribution >= 0.6 is 0 Å². The van der Waals surface area contributed by atoms with Crippen molar-refractivity contribution in [3.8, 4) is 0 Å². The summed E-state index contributed by atoms with van der Waals surface area (Å²) in [5.74, 6) is -0.261. The highest BCUT2D eigenvalue weighted by molar-refractivity contribution is 6.59. The second-order valence-corrected chi connectivity index (χ2v) is 5.21. The number of amides is 2. The Balaban J connectivity index is 4.27. The molecule has 2 amide bonds. The number of rotatable bonds is 1. The van der Waals surface area contributed by atoms with Crippen molar-refractivity contribution in [3.63, 3.8) is 0 Å². The van der Waals surface area contributed by atoms with Crippen molar-refractivity contribution in [2.45, 2.75) is 26.9 Å². The zero-order valence-corrected chi connectivity index (χ0v) is 8.00. The van der Waals surface area contributed by atoms with Crippen molar-refractivity contribution in [1.82, 2.24) is 4.57 Å². The predicted octanol–water partition coefficient (Wildman–Crippen LogP) is 0.365. The van der Waals surface area contributed by atoms with Crippen molar-refractivity contribution < 1.29 is 9.59 Å². The zero-order valence-electron chi connectivity index (χ0n) is 6.84. The number of imide groups is 1. The first-order valence-corrected chi connectivity index (χ1v) is 6.09. The first kappa shape index (κ1) is 9.36. The van der Waals surface area contributed by atoms with E-state index in [0.29, 0.717) is 0 Å². The normalized spacial score (nSPS) is 9.70. The molecule has 0 aromatic rings. The standard InChI is InChI=1S/C6H13NO2Si/c1-5(8)7(6(2)9)10(3)4/h10H,1-4H3. The maximum Gasteiger partial charge on any atom is 0.217 e. The third-order valence-electron chi connectivity index (χ3n) is 1.19. The van der Waals surface area contributed by atoms with Crippen molar-refractivity contribution >= 4 is 20.8 Å². The Morgan fingerprint density at radius 2 is 1.40 bits per heavy atom. The van der Waals surface area contributed by atoms with Gasteiger partial charge in [0.2, 0.25) is 11.8 Å². The molecule has 0 fully saturated rings. The fourth-order valence-corrected chi connectivity index (χ4v) is 2.40. The summed E-state index contributed by atoms with van der Waals surface area (Å²) in [6.45, 7) is 6.74. The van der Waals surface area contributed by atoms with Crippen LogP contribution in [0.2, 0.25) is 13.1 Å². The molecular formula is C6H13NO2Si. The van der Waals surface area contributed by atoms with Gasteiger partial charge >= 0.3 is 0 Å². The fourth-order valence-electron chi connectivity index (χ4n) is 0.949. The molecule has 0 aliphatic carbocycles. The predicted molar refractivity (Wildman–Crippen MR) is 42.1 cm³/mol. The number of carbonyl (C=O) groups excluding carboxylic acids is 2. The first-order valence-electron chi connectivity index (χ1n) is 3.27. The van der Waals surface area contributed by atoms with Crippen LogP contribution in [0.1, 0.15) is 13.8 Å². The monoisotopic (exact) mass is 159 g/mol. The van der Waals surface area contributed by atoms with Crippen LogP contribution in [0.5, 0.6) is 0 Å². The van der Waals surface area contributed by atoms with E-state index in [9.17, 15) is 9.59 Å². The second-order valence-electron chi connectivity index (χ2n) is 2.50. The van der Waals surface area contributed by atoms with Gasteiger partial charge < -0.3 is 4.57 Å². The summed E-state index contributed by atoms with van der Waals surface area (Å²) in [7, 11) is -1.27. The summed E-state index contributed by atoms with van der Waals surface area (Å²) in [6, 6.07) is 0. The third-order valence-corrected chi connectivity index (χ3v) is 2.95. The molecule has 0 aromatic carbocycles. The third kappa shape index (κ3) is 2.30. The quantitative estimate of drug-likeness (QED) is 0.518. The molecule has 0 saturated heterocycles. The minimum Gasteiger partial charge on any atom is -0.316 e. The Kier molecular flexibility index (Phi) is 3.28. The van der Waals surface area contributed by atoms with Gasteiger partial charge in [-0.1, -0.05) is 13.1 Å². The Morgan fingerprint density at radius 3 is 1.40 bits per heavy atom. The SMILES string of the molecule is CC(=O)N(C(C)=O)[SiH](C)C. The van der Waals surface area contributed by atoms with Crippen LogP contribution in [-0.2, 0) is 9.59 Å². The Morgan fingerprint density at radius 1 is 1.10 bits per heavy atom. The van der Waals surface area contributed by atoms with Gasteiger partial charge in [-0.3, -0.25) is 9.59 Å². The van der Waals surface area contributed by atoms with E-state index in [1.807, 2.05) is 13.1 Å². The van der Waals surface area contributed by atoms with E-state index in [1.54, 1.807) is 0 Å². The van der Waals surface area contributed by atoms with Gasteiger partial charge in [-0.15, -0.1) is 0 Å². The minimum absolute atomic E-state index is 0.130. The van der Waals surface area contributed by atoms with Crippen LogP contribution in [0, 0.1) is 0 Å². The molecule has 4 heteroatoms. The van der Waals surface area contributed by atoms with E-state index >= 15 is 0 Å². The lowest BCUT2D eigenvalue weighted by atomic mass is 10.6. The molecule has 0 N–H and O–H groups in total. The van der Waals surface area contributed by atoms with E-state index in [2.05, 4.69) is 0 Å². The smallest absolute Gasteiger partial charge is 0.217 e. The molecule has 0 saturated carbocycles. The Labute approximate surface area is 62.7 Å². The van der Waals surface area contributed by atoms with Gasteiger partial charge in [-0.2, -0.15) is 0 Å². The molecule has 0 heterocycles. The van der Waals surface area contributed by atoms with Gasteiger partial charge in [-0.05, 0) is 0 Å². The molecule has 58 valence electrons. The average molecular weight is 159 g/mol. The van der Waals surface area contributed by atoms with E-state index in [4.69, 9.17) is 0 Å². The van der Waals surface area contributed by atoms with Gasteiger partial charge in [0.05, 0.1) is 0 Å². The van der Waals surface area contributed by atoms with Crippen LogP contribution in [0.3, 0.4) is 0 Å². The molecule has 0 aromatic heterocycles. The van der Waals surface area contributed by atoms with Crippen LogP contribution in [0.15, 0.2) is 0 Å². The first-order chi connectivity index (χ1) is 4.46. The lowest BCUT2D eigenvalue weighted by molar-refractivity contribution is -0.136. The summed E-state index contributed by atoms with van der Waals surface area (Å²) in [5.41, 5.74) is 0. The van der Waals surface area contributed by atoms with Crippen LogP contribution in [0.25, 0.3) is 0 Å². The molecule has 0 aliphatic heterocycles. The molecule has 0 atom stereocenters. The van der Waals surface area contributed by atoms with Crippen LogP contribution in [-0.4, -0.2) is 25.3 Å². The van der Waals surface area contributed by atoms with Crippen molar-refractivity contribution in [1.29, 1.82) is 0 Å². The van der Waals surface area contributed by atoms with Gasteiger partial charge in [0.1, 0.15) is 8.96 Å². The highest BCUT2D eigenvalue weighted by Gasteiger charge is 2.16. The van der Waals surface area contributed by atoms with Crippen LogP contribution in [0.4, 0.5) is 0 Å². The molecule has 0 unspecified atom stereocenters. The van der Waals surface area contributed by atoms with Crippen LogP contribution < -0.4 is 0 Å². The average Bonchev–Trinajstić information content (AvgIpc) is 1.59. The van der Waals surface area contributed by atoms with Crippen molar-refractivity contribution in [2.24, 2.45) is 0 Å². The largest absolute Gasteiger partial charge is 0.316 e. The highest BCUT2D eigenvalue weighted by Crippen LogP contribution is 1.95. The summed E-state index contributed by atoms with van der Waals surface area (Å²) < 4.78 is 1.36. The maximum atomic E-state index is 10.8. The molecule has 0 rings (SSSR count). The van der Waals surface area contributed by atoms with Gasteiger partial charge in [0.25, 0.3) is 0 Å². The number of hydrogen-bond acceptors (Lipinski definition) is 2. The summed E-state index contributed by atoms with van der Waals surface area (Å²) >= 11 is 0. The molecular weight excluding hydrogens is 146 g/mol. The van der Waals surface area contributed by atoms with Gasteiger partial charge in [0.15, 0.2) is 0 Å². The van der Waals surface area contributed by atoms with Crippen molar-refractivity contribution in [3.05, 3.63) is 0 Å². The molecule has 0 aliphatic rings. The van der Waals surface area contributed by atoms with Gasteiger partial charge in [0, 0.05) is 13.8 Å². The molecule has 0 bridgehead atoms. The fraction of sp³-hybridized carbons (Fsp3) is 0.667. The Hall–Kier alpha value is -0.643. The minimum atomic E-state index is -1.27. The molecule has 3 nitrogen and oxygen atoms in total. The summed E-state index contributed by atoms with van der Waals surface area (Å²) in [4.78, 5) is 21.5. The second kappa shape index (κ2) is 3.51. The van der Waals surface area contributed by atoms with E-state index in [-0.39, 0.29) is 11.8 Å². The number of hydrogen-bond donors (Lipinski definition) is 0. The topological polar surface area (TPSA) is 37.4 Å². The summed E-state index contributed by atoms with van der Waals surface area (Å²) in [5, 5.41) is 0. The number of carbonyl (C=O) groups is 2. The lowest BCUT2D eigenvalue weighted by Gasteiger charge is -2.20. The van der Waals surface area contributed by atoms with Gasteiger partial charge in [-0.25, -0.2) is 0 Å². The van der Waals surface area contributed by atoms with Crippen molar-refractivity contribution in [2.75, 3.05) is 0 Å². The molecule has 0 radical (unpaired) electrons. The van der Waals surface area contributed by atoms with E-state index < -0.39 is 8.96 Å². The lowest BCUT2D eigenvalue weighted by Crippen LogP contribution is -2.41. The molecule has 10 heavy (non-hydrogen) atoms.